The molecule has 0 radical (unpaired) electrons. The third-order valence-electron chi connectivity index (χ3n) is 3.46. The molecule has 2 aromatic rings. The van der Waals surface area contributed by atoms with Crippen molar-refractivity contribution < 1.29 is 14.3 Å². The van der Waals surface area contributed by atoms with Crippen LogP contribution >= 0.6 is 11.8 Å². The van der Waals surface area contributed by atoms with Crippen molar-refractivity contribution in [2.45, 2.75) is 16.2 Å². The van der Waals surface area contributed by atoms with Crippen LogP contribution in [-0.2, 0) is 11.2 Å². The van der Waals surface area contributed by atoms with Gasteiger partial charge in [0.2, 0.25) is 0 Å². The molecule has 1 aliphatic rings. The number of amides is 1. The van der Waals surface area contributed by atoms with E-state index in [0.717, 1.165) is 20.9 Å². The van der Waals surface area contributed by atoms with Crippen LogP contribution in [0.3, 0.4) is 0 Å². The van der Waals surface area contributed by atoms with Gasteiger partial charge in [0.25, 0.3) is 5.91 Å². The molecule has 0 unspecified atom stereocenters. The van der Waals surface area contributed by atoms with Crippen molar-refractivity contribution in [1.82, 2.24) is 5.32 Å². The fourth-order valence-electron chi connectivity index (χ4n) is 2.35. The molecule has 3 rings (SSSR count). The molecule has 0 spiro atoms. The van der Waals surface area contributed by atoms with Gasteiger partial charge in [-0.05, 0) is 23.8 Å². The van der Waals surface area contributed by atoms with Crippen molar-refractivity contribution >= 4 is 23.5 Å². The summed E-state index contributed by atoms with van der Waals surface area (Å²) >= 11 is 1.53. The molecule has 0 bridgehead atoms. The minimum absolute atomic E-state index is 0.110. The van der Waals surface area contributed by atoms with Crippen LogP contribution in [0.25, 0.3) is 0 Å². The number of benzene rings is 2. The quantitative estimate of drug-likeness (QED) is 0.885. The summed E-state index contributed by atoms with van der Waals surface area (Å²) in [6.07, 6.45) is 0.360. The fraction of sp³-hybridized carbons (Fsp3) is 0.176. The number of carbonyl (C=O) groups is 2. The van der Waals surface area contributed by atoms with E-state index in [2.05, 4.69) is 5.32 Å². The molecule has 4 nitrogen and oxygen atoms in total. The molecule has 1 amide bonds. The van der Waals surface area contributed by atoms with E-state index in [1.54, 1.807) is 6.07 Å². The first kappa shape index (κ1) is 14.8. The molecule has 5 heteroatoms. The number of ketones is 1. The second-order valence-corrected chi connectivity index (χ2v) is 6.04. The van der Waals surface area contributed by atoms with Gasteiger partial charge in [-0.1, -0.05) is 36.0 Å². The third kappa shape index (κ3) is 2.91. The van der Waals surface area contributed by atoms with Crippen LogP contribution in [0.1, 0.15) is 26.3 Å². The highest BCUT2D eigenvalue weighted by molar-refractivity contribution is 7.99. The second kappa shape index (κ2) is 6.34. The van der Waals surface area contributed by atoms with Gasteiger partial charge in [0, 0.05) is 34.4 Å². The Bertz CT molecular complexity index is 742. The molecule has 0 aromatic heterocycles. The van der Waals surface area contributed by atoms with Gasteiger partial charge in [0.1, 0.15) is 6.73 Å². The fourth-order valence-corrected chi connectivity index (χ4v) is 3.48. The molecule has 1 aliphatic heterocycles. The second-order valence-electron chi connectivity index (χ2n) is 4.96. The average Bonchev–Trinajstić information content (AvgIpc) is 2.68. The van der Waals surface area contributed by atoms with Gasteiger partial charge in [-0.3, -0.25) is 9.59 Å². The van der Waals surface area contributed by atoms with E-state index in [0.29, 0.717) is 12.0 Å². The topological polar surface area (TPSA) is 55.4 Å². The number of methoxy groups -OCH3 is 1. The lowest BCUT2D eigenvalue weighted by Gasteiger charge is -2.08. The van der Waals surface area contributed by atoms with E-state index < -0.39 is 0 Å². The van der Waals surface area contributed by atoms with E-state index in [4.69, 9.17) is 4.74 Å². The molecule has 1 N–H and O–H groups in total. The van der Waals surface area contributed by atoms with Crippen molar-refractivity contribution in [3.63, 3.8) is 0 Å². The normalized spacial score (nSPS) is 13.0. The van der Waals surface area contributed by atoms with Crippen molar-refractivity contribution in [3.05, 3.63) is 59.2 Å². The minimum Gasteiger partial charge on any atom is -0.364 e. The number of hydrogen-bond donors (Lipinski definition) is 1. The lowest BCUT2D eigenvalue weighted by Crippen LogP contribution is -2.25. The van der Waals surface area contributed by atoms with Crippen molar-refractivity contribution in [1.29, 1.82) is 0 Å². The molecule has 2 aromatic carbocycles. The summed E-state index contributed by atoms with van der Waals surface area (Å²) in [6, 6.07) is 13.0. The summed E-state index contributed by atoms with van der Waals surface area (Å²) in [6.45, 7) is 0.171. The van der Waals surface area contributed by atoms with Crippen LogP contribution in [0.4, 0.5) is 0 Å². The van der Waals surface area contributed by atoms with Crippen molar-refractivity contribution in [3.8, 4) is 0 Å². The number of Topliss-reactive ketones (excluding diaryl/α,β-unsaturated/α-hetero) is 1. The highest BCUT2D eigenvalue weighted by Gasteiger charge is 2.21. The number of hydrogen-bond acceptors (Lipinski definition) is 4. The van der Waals surface area contributed by atoms with E-state index in [1.165, 1.54) is 18.9 Å². The minimum atomic E-state index is -0.186. The van der Waals surface area contributed by atoms with Gasteiger partial charge in [0.05, 0.1) is 0 Å². The zero-order valence-electron chi connectivity index (χ0n) is 12.1. The van der Waals surface area contributed by atoms with Crippen LogP contribution in [-0.4, -0.2) is 25.5 Å². The maximum absolute atomic E-state index is 12.3. The van der Waals surface area contributed by atoms with Crippen LogP contribution in [0.2, 0.25) is 0 Å². The van der Waals surface area contributed by atoms with Crippen LogP contribution < -0.4 is 5.32 Å². The molecule has 0 saturated heterocycles. The molecule has 0 fully saturated rings. The Morgan fingerprint density at radius 1 is 1.23 bits per heavy atom. The van der Waals surface area contributed by atoms with E-state index in [9.17, 15) is 9.59 Å². The maximum atomic E-state index is 12.3. The molecule has 1 heterocycles. The van der Waals surface area contributed by atoms with Gasteiger partial charge in [0.15, 0.2) is 5.78 Å². The first-order valence-corrected chi connectivity index (χ1v) is 7.71. The Balaban J connectivity index is 1.95. The first-order chi connectivity index (χ1) is 10.7. The molecular weight excluding hydrogens is 298 g/mol. The predicted octanol–water partition coefficient (Wildman–Crippen LogP) is 2.91. The molecule has 22 heavy (non-hydrogen) atoms. The van der Waals surface area contributed by atoms with Crippen LogP contribution in [0.15, 0.2) is 52.3 Å². The van der Waals surface area contributed by atoms with Crippen LogP contribution in [0.5, 0.6) is 0 Å². The van der Waals surface area contributed by atoms with Gasteiger partial charge < -0.3 is 10.1 Å². The highest BCUT2D eigenvalue weighted by atomic mass is 32.2. The summed E-state index contributed by atoms with van der Waals surface area (Å²) in [5, 5.41) is 2.66. The number of carbonyl (C=O) groups excluding carboxylic acids is 2. The number of rotatable bonds is 3. The van der Waals surface area contributed by atoms with Gasteiger partial charge >= 0.3 is 0 Å². The lowest BCUT2D eigenvalue weighted by molar-refractivity contribution is 0.0871. The molecule has 0 saturated carbocycles. The Labute approximate surface area is 132 Å². The monoisotopic (exact) mass is 313 g/mol. The van der Waals surface area contributed by atoms with Crippen molar-refractivity contribution in [2.24, 2.45) is 0 Å². The summed E-state index contributed by atoms with van der Waals surface area (Å²) < 4.78 is 4.85. The summed E-state index contributed by atoms with van der Waals surface area (Å²) in [7, 11) is 1.52. The Morgan fingerprint density at radius 3 is 2.86 bits per heavy atom. The molecule has 112 valence electrons. The SMILES string of the molecule is COCNC(=O)c1ccc2c(c1)Sc1ccccc1C(=O)C2. The molecule has 0 aliphatic carbocycles. The molecular formula is C17H15NO3S. The van der Waals surface area contributed by atoms with E-state index in [-0.39, 0.29) is 18.4 Å². The summed E-state index contributed by atoms with van der Waals surface area (Å²) in [5.41, 5.74) is 2.26. The Morgan fingerprint density at radius 2 is 2.05 bits per heavy atom. The van der Waals surface area contributed by atoms with E-state index in [1.807, 2.05) is 36.4 Å². The predicted molar refractivity (Wildman–Crippen MR) is 84.4 cm³/mol. The maximum Gasteiger partial charge on any atom is 0.253 e. The van der Waals surface area contributed by atoms with E-state index >= 15 is 0 Å². The van der Waals surface area contributed by atoms with Gasteiger partial charge in [-0.15, -0.1) is 0 Å². The first-order valence-electron chi connectivity index (χ1n) is 6.89. The number of fused-ring (bicyclic) bond motifs is 2. The molecule has 0 atom stereocenters. The lowest BCUT2D eigenvalue weighted by atomic mass is 10.0. The number of ether oxygens (including phenoxy) is 1. The third-order valence-corrected chi connectivity index (χ3v) is 4.64. The summed E-state index contributed by atoms with van der Waals surface area (Å²) in [5.74, 6) is -0.0763. The Kier molecular flexibility index (Phi) is 4.27. The summed E-state index contributed by atoms with van der Waals surface area (Å²) in [4.78, 5) is 26.2. The largest absolute Gasteiger partial charge is 0.364 e. The number of nitrogens with one attached hydrogen (secondary N) is 1. The average molecular weight is 313 g/mol. The highest BCUT2D eigenvalue weighted by Crippen LogP contribution is 2.37. The van der Waals surface area contributed by atoms with Crippen molar-refractivity contribution in [2.75, 3.05) is 13.8 Å². The Hall–Kier alpha value is -2.11. The van der Waals surface area contributed by atoms with Gasteiger partial charge in [-0.25, -0.2) is 0 Å². The van der Waals surface area contributed by atoms with Crippen LogP contribution in [0, 0.1) is 0 Å². The zero-order chi connectivity index (χ0) is 15.5. The van der Waals surface area contributed by atoms with Gasteiger partial charge in [-0.2, -0.15) is 0 Å². The smallest absolute Gasteiger partial charge is 0.253 e. The zero-order valence-corrected chi connectivity index (χ0v) is 12.9. The standard InChI is InChI=1S/C17H15NO3S/c1-21-10-18-17(20)12-7-6-11-8-14(19)13-4-2-3-5-15(13)22-16(11)9-12/h2-7,9H,8,10H2,1H3,(H,18,20).